The molecule has 2 aliphatic rings. The van der Waals surface area contributed by atoms with E-state index in [-0.39, 0.29) is 17.8 Å². The Bertz CT molecular complexity index is 605. The highest BCUT2D eigenvalue weighted by Gasteiger charge is 2.62. The number of carbonyl (C=O) groups is 2. The molecule has 4 heteroatoms. The van der Waals surface area contributed by atoms with Crippen LogP contribution in [-0.2, 0) is 20.9 Å². The Kier molecular flexibility index (Phi) is 3.95. The van der Waals surface area contributed by atoms with Crippen molar-refractivity contribution in [2.24, 2.45) is 11.3 Å². The van der Waals surface area contributed by atoms with Crippen molar-refractivity contribution < 1.29 is 14.3 Å². The summed E-state index contributed by atoms with van der Waals surface area (Å²) in [6.45, 7) is 6.79. The van der Waals surface area contributed by atoms with Crippen molar-refractivity contribution in [1.82, 2.24) is 4.90 Å². The van der Waals surface area contributed by atoms with Crippen LogP contribution in [0.5, 0.6) is 0 Å². The Morgan fingerprint density at radius 3 is 2.65 bits per heavy atom. The summed E-state index contributed by atoms with van der Waals surface area (Å²) in [4.78, 5) is 27.7. The van der Waals surface area contributed by atoms with E-state index in [0.717, 1.165) is 18.4 Å². The third-order valence-corrected chi connectivity index (χ3v) is 4.91. The monoisotopic (exact) mass is 315 g/mol. The zero-order valence-corrected chi connectivity index (χ0v) is 14.2. The molecule has 3 rings (SSSR count). The molecular formula is C19H25NO3. The van der Waals surface area contributed by atoms with Crippen molar-refractivity contribution >= 4 is 11.9 Å². The number of likely N-dealkylation sites (tertiary alicyclic amines) is 1. The number of carbonyl (C=O) groups excluding carboxylic acids is 2. The van der Waals surface area contributed by atoms with Crippen LogP contribution in [0.15, 0.2) is 30.3 Å². The zero-order valence-electron chi connectivity index (χ0n) is 14.2. The molecule has 0 aromatic heterocycles. The van der Waals surface area contributed by atoms with Crippen LogP contribution in [0.25, 0.3) is 0 Å². The van der Waals surface area contributed by atoms with Gasteiger partial charge in [-0.3, -0.25) is 9.59 Å². The average molecular weight is 315 g/mol. The molecule has 1 amide bonds. The number of rotatable bonds is 3. The van der Waals surface area contributed by atoms with Gasteiger partial charge in [0, 0.05) is 19.0 Å². The molecule has 0 spiro atoms. The molecule has 1 aliphatic carbocycles. The van der Waals surface area contributed by atoms with E-state index in [2.05, 4.69) is 0 Å². The van der Waals surface area contributed by atoms with Gasteiger partial charge in [0.25, 0.3) is 0 Å². The Hall–Kier alpha value is -1.84. The van der Waals surface area contributed by atoms with Gasteiger partial charge in [-0.05, 0) is 39.2 Å². The van der Waals surface area contributed by atoms with Crippen molar-refractivity contribution in [2.75, 3.05) is 6.54 Å². The Morgan fingerprint density at radius 2 is 2.00 bits per heavy atom. The minimum atomic E-state index is -0.942. The van der Waals surface area contributed by atoms with Gasteiger partial charge in [-0.2, -0.15) is 0 Å². The van der Waals surface area contributed by atoms with Crippen LogP contribution in [0, 0.1) is 11.3 Å². The molecule has 1 saturated carbocycles. The molecule has 0 bridgehead atoms. The van der Waals surface area contributed by atoms with E-state index in [1.54, 1.807) is 0 Å². The van der Waals surface area contributed by atoms with E-state index in [1.165, 1.54) is 0 Å². The number of amides is 1. The van der Waals surface area contributed by atoms with E-state index < -0.39 is 11.0 Å². The SMILES string of the molecule is CC(C)(C)OC(=O)C12CCCC1CN(Cc1ccccc1)C2=O. The summed E-state index contributed by atoms with van der Waals surface area (Å²) in [6.07, 6.45) is 2.47. The van der Waals surface area contributed by atoms with E-state index in [1.807, 2.05) is 56.0 Å². The van der Waals surface area contributed by atoms with Gasteiger partial charge in [0.2, 0.25) is 5.91 Å². The van der Waals surface area contributed by atoms with E-state index in [4.69, 9.17) is 4.74 Å². The molecule has 0 N–H and O–H groups in total. The highest BCUT2D eigenvalue weighted by atomic mass is 16.6. The van der Waals surface area contributed by atoms with Crippen LogP contribution in [-0.4, -0.2) is 28.9 Å². The lowest BCUT2D eigenvalue weighted by molar-refractivity contribution is -0.172. The molecule has 23 heavy (non-hydrogen) atoms. The number of benzene rings is 1. The normalized spacial score (nSPS) is 27.2. The predicted octanol–water partition coefficient (Wildman–Crippen LogP) is 3.16. The molecule has 2 fully saturated rings. The first-order valence-electron chi connectivity index (χ1n) is 8.40. The van der Waals surface area contributed by atoms with Gasteiger partial charge in [-0.1, -0.05) is 36.8 Å². The quantitative estimate of drug-likeness (QED) is 0.636. The molecule has 124 valence electrons. The van der Waals surface area contributed by atoms with E-state index >= 15 is 0 Å². The minimum Gasteiger partial charge on any atom is -0.459 e. The highest BCUT2D eigenvalue weighted by Crippen LogP contribution is 2.51. The van der Waals surface area contributed by atoms with Crippen LogP contribution >= 0.6 is 0 Å². The lowest BCUT2D eigenvalue weighted by Gasteiger charge is -2.29. The maximum atomic E-state index is 13.1. The first-order chi connectivity index (χ1) is 10.8. The summed E-state index contributed by atoms with van der Waals surface area (Å²) < 4.78 is 5.61. The van der Waals surface area contributed by atoms with Gasteiger partial charge in [-0.15, -0.1) is 0 Å². The average Bonchev–Trinajstić information content (AvgIpc) is 2.99. The fraction of sp³-hybridized carbons (Fsp3) is 0.579. The van der Waals surface area contributed by atoms with Crippen molar-refractivity contribution in [1.29, 1.82) is 0 Å². The van der Waals surface area contributed by atoms with Crippen LogP contribution in [0.4, 0.5) is 0 Å². The second-order valence-electron chi connectivity index (χ2n) is 7.73. The fourth-order valence-corrected chi connectivity index (χ4v) is 3.90. The molecule has 1 aromatic carbocycles. The summed E-state index contributed by atoms with van der Waals surface area (Å²) in [5, 5.41) is 0. The molecule has 1 saturated heterocycles. The van der Waals surface area contributed by atoms with Crippen molar-refractivity contribution in [3.05, 3.63) is 35.9 Å². The Morgan fingerprint density at radius 1 is 1.30 bits per heavy atom. The lowest BCUT2D eigenvalue weighted by Crippen LogP contribution is -2.44. The number of fused-ring (bicyclic) bond motifs is 1. The standard InChI is InChI=1S/C19H25NO3/c1-18(2,3)23-17(22)19-11-7-10-15(19)13-20(16(19)21)12-14-8-5-4-6-9-14/h4-6,8-9,15H,7,10-13H2,1-3H3. The van der Waals surface area contributed by atoms with Crippen molar-refractivity contribution in [3.8, 4) is 0 Å². The summed E-state index contributed by atoms with van der Waals surface area (Å²) in [5.41, 5.74) is -0.408. The summed E-state index contributed by atoms with van der Waals surface area (Å²) >= 11 is 0. The van der Waals surface area contributed by atoms with Crippen LogP contribution < -0.4 is 0 Å². The molecule has 2 atom stereocenters. The predicted molar refractivity (Wildman–Crippen MR) is 87.5 cm³/mol. The second kappa shape index (κ2) is 5.66. The highest BCUT2D eigenvalue weighted by molar-refractivity contribution is 6.05. The number of ether oxygens (including phenoxy) is 1. The molecule has 2 unspecified atom stereocenters. The van der Waals surface area contributed by atoms with Crippen LogP contribution in [0.3, 0.4) is 0 Å². The minimum absolute atomic E-state index is 0.0434. The van der Waals surface area contributed by atoms with Crippen LogP contribution in [0.2, 0.25) is 0 Å². The van der Waals surface area contributed by atoms with Gasteiger partial charge in [-0.25, -0.2) is 0 Å². The number of hydrogen-bond acceptors (Lipinski definition) is 3. The first kappa shape index (κ1) is 16.0. The smallest absolute Gasteiger partial charge is 0.322 e. The van der Waals surface area contributed by atoms with Crippen LogP contribution in [0.1, 0.15) is 45.6 Å². The third kappa shape index (κ3) is 2.87. The maximum absolute atomic E-state index is 13.1. The van der Waals surface area contributed by atoms with Gasteiger partial charge in [0.1, 0.15) is 5.60 Å². The van der Waals surface area contributed by atoms with Gasteiger partial charge in [0.15, 0.2) is 5.41 Å². The van der Waals surface area contributed by atoms with Gasteiger partial charge >= 0.3 is 5.97 Å². The van der Waals surface area contributed by atoms with E-state index in [0.29, 0.717) is 19.5 Å². The van der Waals surface area contributed by atoms with Crippen molar-refractivity contribution in [3.63, 3.8) is 0 Å². The summed E-state index contributed by atoms with van der Waals surface area (Å²) in [6, 6.07) is 9.94. The molecule has 1 aromatic rings. The van der Waals surface area contributed by atoms with E-state index in [9.17, 15) is 9.59 Å². The fourth-order valence-electron chi connectivity index (χ4n) is 3.90. The summed E-state index contributed by atoms with van der Waals surface area (Å²) in [7, 11) is 0. The molecule has 1 aliphatic heterocycles. The number of esters is 1. The first-order valence-corrected chi connectivity index (χ1v) is 8.40. The zero-order chi connectivity index (χ0) is 16.7. The van der Waals surface area contributed by atoms with Gasteiger partial charge in [0.05, 0.1) is 0 Å². The Balaban J connectivity index is 1.82. The third-order valence-electron chi connectivity index (χ3n) is 4.91. The number of nitrogens with zero attached hydrogens (tertiary/aromatic N) is 1. The Labute approximate surface area is 137 Å². The van der Waals surface area contributed by atoms with Gasteiger partial charge < -0.3 is 9.64 Å². The molecule has 0 radical (unpaired) electrons. The molecular weight excluding hydrogens is 290 g/mol. The molecule has 1 heterocycles. The topological polar surface area (TPSA) is 46.6 Å². The molecule has 4 nitrogen and oxygen atoms in total. The maximum Gasteiger partial charge on any atom is 0.322 e. The summed E-state index contributed by atoms with van der Waals surface area (Å²) in [5.74, 6) is -0.278. The van der Waals surface area contributed by atoms with Crippen molar-refractivity contribution in [2.45, 2.75) is 52.2 Å². The largest absolute Gasteiger partial charge is 0.459 e. The lowest BCUT2D eigenvalue weighted by atomic mass is 9.80. The number of hydrogen-bond donors (Lipinski definition) is 0. The second-order valence-corrected chi connectivity index (χ2v) is 7.73.